The number of aryl methyl sites for hydroxylation is 2. The number of aromatic nitrogens is 4. The highest BCUT2D eigenvalue weighted by Crippen LogP contribution is 2.31. The van der Waals surface area contributed by atoms with Crippen LogP contribution in [0.2, 0.25) is 0 Å². The van der Waals surface area contributed by atoms with Crippen molar-refractivity contribution in [2.24, 2.45) is 7.05 Å². The van der Waals surface area contributed by atoms with Crippen molar-refractivity contribution in [3.8, 4) is 5.75 Å². The summed E-state index contributed by atoms with van der Waals surface area (Å²) in [7, 11) is 3.48. The zero-order chi connectivity index (χ0) is 20.4. The quantitative estimate of drug-likeness (QED) is 0.441. The highest BCUT2D eigenvalue weighted by atomic mass is 32.2. The van der Waals surface area contributed by atoms with E-state index in [0.29, 0.717) is 10.9 Å². The molecule has 0 spiro atoms. The predicted octanol–water partition coefficient (Wildman–Crippen LogP) is 4.36. The molecule has 3 heterocycles. The fourth-order valence-electron chi connectivity index (χ4n) is 3.73. The van der Waals surface area contributed by atoms with Crippen LogP contribution in [0, 0.1) is 5.82 Å². The molecule has 0 amide bonds. The van der Waals surface area contributed by atoms with Crippen molar-refractivity contribution in [2.45, 2.75) is 43.5 Å². The second kappa shape index (κ2) is 8.57. The number of nitrogens with zero attached hydrogens (tertiary/aromatic N) is 5. The molecular weight excluding hydrogens is 389 g/mol. The third-order valence-electron chi connectivity index (χ3n) is 5.33. The minimum Gasteiger partial charge on any atom is -0.494 e. The smallest absolute Gasteiger partial charge is 0.191 e. The molecule has 0 atom stereocenters. The van der Waals surface area contributed by atoms with Crippen LogP contribution < -0.4 is 9.64 Å². The van der Waals surface area contributed by atoms with E-state index in [1.807, 2.05) is 13.1 Å². The molecule has 4 rings (SSSR count). The number of hydrogen-bond acceptors (Lipinski definition) is 6. The summed E-state index contributed by atoms with van der Waals surface area (Å²) in [6.45, 7) is 4.10. The fraction of sp³-hybridized carbons (Fsp3) is 0.476. The molecule has 0 aliphatic carbocycles. The van der Waals surface area contributed by atoms with Gasteiger partial charge in [-0.15, -0.1) is 0 Å². The molecule has 0 saturated carbocycles. The van der Waals surface area contributed by atoms with E-state index < -0.39 is 0 Å². The molecule has 1 saturated heterocycles. The number of hydrogen-bond donors (Lipinski definition) is 0. The number of methoxy groups -OCH3 is 1. The zero-order valence-electron chi connectivity index (χ0n) is 17.1. The Bertz CT molecular complexity index is 1020. The Labute approximate surface area is 174 Å². The lowest BCUT2D eigenvalue weighted by Gasteiger charge is -2.27. The maximum atomic E-state index is 14.0. The van der Waals surface area contributed by atoms with Gasteiger partial charge in [0.1, 0.15) is 5.82 Å². The van der Waals surface area contributed by atoms with E-state index in [4.69, 9.17) is 19.7 Å². The summed E-state index contributed by atoms with van der Waals surface area (Å²) in [5.74, 6) is 2.42. The van der Waals surface area contributed by atoms with Gasteiger partial charge in [0.25, 0.3) is 0 Å². The van der Waals surface area contributed by atoms with Gasteiger partial charge in [0, 0.05) is 32.3 Å². The lowest BCUT2D eigenvalue weighted by Crippen LogP contribution is -2.30. The molecule has 29 heavy (non-hydrogen) atoms. The van der Waals surface area contributed by atoms with E-state index in [0.717, 1.165) is 47.9 Å². The number of benzene rings is 1. The maximum absolute atomic E-state index is 14.0. The first kappa shape index (κ1) is 19.9. The summed E-state index contributed by atoms with van der Waals surface area (Å²) >= 11 is 1.52. The van der Waals surface area contributed by atoms with E-state index >= 15 is 0 Å². The molecule has 0 bridgehead atoms. The molecule has 1 aliphatic heterocycles. The molecule has 1 aliphatic rings. The second-order valence-corrected chi connectivity index (χ2v) is 8.19. The van der Waals surface area contributed by atoms with Crippen LogP contribution in [0.3, 0.4) is 0 Å². The Balaban J connectivity index is 1.66. The molecule has 0 N–H and O–H groups in total. The lowest BCUT2D eigenvalue weighted by atomic mass is 10.1. The molecule has 8 heteroatoms. The SMILES string of the molecule is CCc1nc2c(N3CCCCC3)nc(SCc3ccc(OC)c(F)c3)nc2n1C. The largest absolute Gasteiger partial charge is 0.494 e. The zero-order valence-corrected chi connectivity index (χ0v) is 17.9. The standard InChI is InChI=1S/C21H26FN5OS/c1-4-17-23-18-19(26(17)2)24-21(25-20(18)27-10-6-5-7-11-27)29-13-14-8-9-16(28-3)15(22)12-14/h8-9,12H,4-7,10-11,13H2,1-3H3. The minimum absolute atomic E-state index is 0.255. The van der Waals surface area contributed by atoms with E-state index in [1.165, 1.54) is 44.2 Å². The number of ether oxygens (including phenoxy) is 1. The van der Waals surface area contributed by atoms with Crippen molar-refractivity contribution in [1.82, 2.24) is 19.5 Å². The summed E-state index contributed by atoms with van der Waals surface area (Å²) in [4.78, 5) is 16.8. The lowest BCUT2D eigenvalue weighted by molar-refractivity contribution is 0.386. The third kappa shape index (κ3) is 4.03. The topological polar surface area (TPSA) is 56.1 Å². The Morgan fingerprint density at radius 1 is 1.14 bits per heavy atom. The normalized spacial score (nSPS) is 14.6. The summed E-state index contributed by atoms with van der Waals surface area (Å²) in [6, 6.07) is 5.04. The van der Waals surface area contributed by atoms with Crippen LogP contribution in [0.25, 0.3) is 11.2 Å². The Kier molecular flexibility index (Phi) is 5.89. The Morgan fingerprint density at radius 2 is 1.93 bits per heavy atom. The van der Waals surface area contributed by atoms with Crippen LogP contribution in [0.15, 0.2) is 23.4 Å². The van der Waals surface area contributed by atoms with E-state index in [2.05, 4.69) is 16.4 Å². The minimum atomic E-state index is -0.352. The number of fused-ring (bicyclic) bond motifs is 1. The Morgan fingerprint density at radius 3 is 2.62 bits per heavy atom. The van der Waals surface area contributed by atoms with Gasteiger partial charge in [-0.2, -0.15) is 0 Å². The van der Waals surface area contributed by atoms with Gasteiger partial charge in [0.05, 0.1) is 7.11 Å². The molecule has 3 aromatic rings. The van der Waals surface area contributed by atoms with Gasteiger partial charge >= 0.3 is 0 Å². The van der Waals surface area contributed by atoms with E-state index in [9.17, 15) is 4.39 Å². The number of thioether (sulfide) groups is 1. The third-order valence-corrected chi connectivity index (χ3v) is 6.25. The number of anilines is 1. The Hall–Kier alpha value is -2.35. The molecule has 0 radical (unpaired) electrons. The molecule has 6 nitrogen and oxygen atoms in total. The van der Waals surface area contributed by atoms with Crippen molar-refractivity contribution in [3.05, 3.63) is 35.4 Å². The van der Waals surface area contributed by atoms with E-state index in [-0.39, 0.29) is 11.6 Å². The predicted molar refractivity (Wildman–Crippen MR) is 114 cm³/mol. The van der Waals surface area contributed by atoms with Crippen LogP contribution in [0.5, 0.6) is 5.75 Å². The van der Waals surface area contributed by atoms with Gasteiger partial charge in [0.2, 0.25) is 0 Å². The highest BCUT2D eigenvalue weighted by molar-refractivity contribution is 7.98. The highest BCUT2D eigenvalue weighted by Gasteiger charge is 2.21. The first-order valence-corrected chi connectivity index (χ1v) is 11.0. The molecule has 2 aromatic heterocycles. The average molecular weight is 416 g/mol. The number of imidazole rings is 1. The first-order chi connectivity index (χ1) is 14.1. The van der Waals surface area contributed by atoms with Crippen molar-refractivity contribution in [3.63, 3.8) is 0 Å². The summed E-state index contributed by atoms with van der Waals surface area (Å²) in [5, 5.41) is 0.694. The van der Waals surface area contributed by atoms with Gasteiger partial charge in [-0.25, -0.2) is 19.3 Å². The van der Waals surface area contributed by atoms with Gasteiger partial charge in [-0.05, 0) is 37.0 Å². The van der Waals surface area contributed by atoms with Crippen LogP contribution >= 0.6 is 11.8 Å². The van der Waals surface area contributed by atoms with Crippen molar-refractivity contribution >= 4 is 28.7 Å². The van der Waals surface area contributed by atoms with Gasteiger partial charge in [-0.1, -0.05) is 24.8 Å². The van der Waals surface area contributed by atoms with Crippen molar-refractivity contribution in [2.75, 3.05) is 25.1 Å². The van der Waals surface area contributed by atoms with Gasteiger partial charge in [0.15, 0.2) is 33.7 Å². The number of piperidine rings is 1. The molecule has 0 unspecified atom stereocenters. The summed E-state index contributed by atoms with van der Waals surface area (Å²) in [6.07, 6.45) is 4.46. The monoisotopic (exact) mass is 415 g/mol. The summed E-state index contributed by atoms with van der Waals surface area (Å²) < 4.78 is 21.1. The number of halogens is 1. The van der Waals surface area contributed by atoms with Gasteiger partial charge in [-0.3, -0.25) is 0 Å². The van der Waals surface area contributed by atoms with Crippen molar-refractivity contribution in [1.29, 1.82) is 0 Å². The molecular formula is C21H26FN5OS. The average Bonchev–Trinajstić information content (AvgIpc) is 3.08. The number of rotatable bonds is 6. The first-order valence-electron chi connectivity index (χ1n) is 10.0. The van der Waals surface area contributed by atoms with Crippen LogP contribution in [0.1, 0.15) is 37.6 Å². The van der Waals surface area contributed by atoms with Crippen LogP contribution in [0.4, 0.5) is 10.2 Å². The van der Waals surface area contributed by atoms with E-state index in [1.54, 1.807) is 6.07 Å². The van der Waals surface area contributed by atoms with Crippen LogP contribution in [-0.4, -0.2) is 39.7 Å². The van der Waals surface area contributed by atoms with Crippen molar-refractivity contribution < 1.29 is 9.13 Å². The fourth-order valence-corrected chi connectivity index (χ4v) is 4.50. The van der Waals surface area contributed by atoms with Crippen LogP contribution in [-0.2, 0) is 19.2 Å². The molecule has 1 fully saturated rings. The second-order valence-electron chi connectivity index (χ2n) is 7.25. The maximum Gasteiger partial charge on any atom is 0.191 e. The summed E-state index contributed by atoms with van der Waals surface area (Å²) in [5.41, 5.74) is 2.61. The molecule has 154 valence electrons. The van der Waals surface area contributed by atoms with Gasteiger partial charge < -0.3 is 14.2 Å². The molecule has 1 aromatic carbocycles.